The van der Waals surface area contributed by atoms with Crippen molar-refractivity contribution in [3.63, 3.8) is 0 Å². The van der Waals surface area contributed by atoms with Crippen molar-refractivity contribution in [1.82, 2.24) is 0 Å². The summed E-state index contributed by atoms with van der Waals surface area (Å²) in [6, 6.07) is 3.32. The van der Waals surface area contributed by atoms with Crippen molar-refractivity contribution >= 4 is 35.1 Å². The molecule has 0 amide bonds. The van der Waals surface area contributed by atoms with Crippen molar-refractivity contribution in [2.45, 2.75) is 32.4 Å². The van der Waals surface area contributed by atoms with E-state index in [-0.39, 0.29) is 5.02 Å². The topological polar surface area (TPSA) is 89.6 Å². The maximum Gasteiger partial charge on any atom is 0.322 e. The minimum atomic E-state index is -1.55. The fourth-order valence-electron chi connectivity index (χ4n) is 1.72. The van der Waals surface area contributed by atoms with Crippen molar-refractivity contribution < 1.29 is 19.4 Å². The lowest BCUT2D eigenvalue weighted by Crippen LogP contribution is -2.39. The second-order valence-corrected chi connectivity index (χ2v) is 6.38. The SMILES string of the molecule is CC(C)(C)OC(=O)[C@H](C(=O)O)C(N)c1ccc(Cl)cc1Cl. The number of halogens is 2. The number of hydrogen-bond donors (Lipinski definition) is 2. The van der Waals surface area contributed by atoms with E-state index >= 15 is 0 Å². The molecule has 7 heteroatoms. The number of carbonyl (C=O) groups is 2. The van der Waals surface area contributed by atoms with E-state index in [1.807, 2.05) is 0 Å². The molecule has 1 aromatic rings. The van der Waals surface area contributed by atoms with Crippen LogP contribution in [0.5, 0.6) is 0 Å². The van der Waals surface area contributed by atoms with Crippen LogP contribution in [0.25, 0.3) is 0 Å². The lowest BCUT2D eigenvalue weighted by Gasteiger charge is -2.25. The van der Waals surface area contributed by atoms with E-state index in [4.69, 9.17) is 33.7 Å². The number of carboxylic acid groups (broad SMARTS) is 1. The van der Waals surface area contributed by atoms with Gasteiger partial charge in [-0.15, -0.1) is 0 Å². The molecule has 2 atom stereocenters. The summed E-state index contributed by atoms with van der Waals surface area (Å²) >= 11 is 11.8. The molecule has 0 fully saturated rings. The monoisotopic (exact) mass is 333 g/mol. The molecule has 0 aliphatic rings. The highest BCUT2D eigenvalue weighted by Crippen LogP contribution is 2.30. The number of carboxylic acids is 1. The molecule has 0 heterocycles. The van der Waals surface area contributed by atoms with Crippen molar-refractivity contribution in [1.29, 1.82) is 0 Å². The predicted molar refractivity (Wildman–Crippen MR) is 80.4 cm³/mol. The fraction of sp³-hybridized carbons (Fsp3) is 0.429. The standard InChI is InChI=1S/C14H17Cl2NO4/c1-14(2,3)21-13(20)10(12(18)19)11(17)8-5-4-7(15)6-9(8)16/h4-6,10-11H,17H2,1-3H3,(H,18,19)/t10-,11?/m0/s1. The van der Waals surface area contributed by atoms with Gasteiger partial charge >= 0.3 is 11.9 Å². The molecule has 1 rings (SSSR count). The summed E-state index contributed by atoms with van der Waals surface area (Å²) in [6.07, 6.45) is 0. The Hall–Kier alpha value is -1.30. The summed E-state index contributed by atoms with van der Waals surface area (Å²) in [5, 5.41) is 9.86. The molecule has 1 aromatic carbocycles. The number of carbonyl (C=O) groups excluding carboxylic acids is 1. The second-order valence-electron chi connectivity index (χ2n) is 5.54. The lowest BCUT2D eigenvalue weighted by molar-refractivity contribution is -0.167. The normalized spacial score (nSPS) is 14.4. The van der Waals surface area contributed by atoms with Gasteiger partial charge in [0.05, 0.1) is 6.04 Å². The maximum absolute atomic E-state index is 12.0. The average Bonchev–Trinajstić information content (AvgIpc) is 2.25. The second kappa shape index (κ2) is 6.64. The molecule has 0 radical (unpaired) electrons. The minimum Gasteiger partial charge on any atom is -0.481 e. The van der Waals surface area contributed by atoms with E-state index in [0.717, 1.165) is 0 Å². The van der Waals surface area contributed by atoms with Crippen LogP contribution in [0.2, 0.25) is 10.0 Å². The number of benzene rings is 1. The highest BCUT2D eigenvalue weighted by atomic mass is 35.5. The molecule has 116 valence electrons. The van der Waals surface area contributed by atoms with Gasteiger partial charge in [-0.05, 0) is 38.5 Å². The van der Waals surface area contributed by atoms with Crippen LogP contribution in [0, 0.1) is 5.92 Å². The Morgan fingerprint density at radius 1 is 1.29 bits per heavy atom. The summed E-state index contributed by atoms with van der Waals surface area (Å²) in [5.74, 6) is -3.83. The largest absolute Gasteiger partial charge is 0.481 e. The average molecular weight is 334 g/mol. The Kier molecular flexibility index (Phi) is 5.61. The molecule has 1 unspecified atom stereocenters. The summed E-state index contributed by atoms with van der Waals surface area (Å²) in [4.78, 5) is 23.4. The Balaban J connectivity index is 3.11. The Bertz CT molecular complexity index is 554. The highest BCUT2D eigenvalue weighted by molar-refractivity contribution is 6.35. The van der Waals surface area contributed by atoms with Gasteiger partial charge in [0.15, 0.2) is 5.92 Å². The molecule has 0 spiro atoms. The first-order valence-electron chi connectivity index (χ1n) is 6.19. The zero-order chi connectivity index (χ0) is 16.4. The lowest BCUT2D eigenvalue weighted by atomic mass is 9.93. The number of nitrogens with two attached hydrogens (primary N) is 1. The zero-order valence-electron chi connectivity index (χ0n) is 11.9. The molecule has 3 N–H and O–H groups in total. The zero-order valence-corrected chi connectivity index (χ0v) is 13.4. The predicted octanol–water partition coefficient (Wildman–Crippen LogP) is 3.04. The molecule has 0 saturated carbocycles. The molecule has 21 heavy (non-hydrogen) atoms. The Morgan fingerprint density at radius 2 is 1.86 bits per heavy atom. The van der Waals surface area contributed by atoms with Crippen LogP contribution in [0.1, 0.15) is 32.4 Å². The van der Waals surface area contributed by atoms with Gasteiger partial charge in [0.1, 0.15) is 5.60 Å². The van der Waals surface area contributed by atoms with Crippen LogP contribution in [0.4, 0.5) is 0 Å². The molecule has 0 aromatic heterocycles. The third-order valence-corrected chi connectivity index (χ3v) is 3.17. The number of aliphatic carboxylic acids is 1. The van der Waals surface area contributed by atoms with Gasteiger partial charge in [0.25, 0.3) is 0 Å². The maximum atomic E-state index is 12.0. The molecular weight excluding hydrogens is 317 g/mol. The van der Waals surface area contributed by atoms with E-state index in [0.29, 0.717) is 10.6 Å². The summed E-state index contributed by atoms with van der Waals surface area (Å²) in [6.45, 7) is 4.93. The van der Waals surface area contributed by atoms with Crippen LogP contribution < -0.4 is 5.73 Å². The number of esters is 1. The molecule has 0 bridgehead atoms. The van der Waals surface area contributed by atoms with Gasteiger partial charge in [-0.25, -0.2) is 0 Å². The first-order valence-corrected chi connectivity index (χ1v) is 6.94. The van der Waals surface area contributed by atoms with E-state index in [1.165, 1.54) is 18.2 Å². The highest BCUT2D eigenvalue weighted by Gasteiger charge is 2.37. The number of rotatable bonds is 4. The molecule has 0 aliphatic carbocycles. The molecule has 5 nitrogen and oxygen atoms in total. The van der Waals surface area contributed by atoms with Gasteiger partial charge in [-0.3, -0.25) is 9.59 Å². The minimum absolute atomic E-state index is 0.199. The van der Waals surface area contributed by atoms with E-state index in [9.17, 15) is 14.7 Å². The summed E-state index contributed by atoms with van der Waals surface area (Å²) in [7, 11) is 0. The van der Waals surface area contributed by atoms with Crippen LogP contribution in [-0.4, -0.2) is 22.6 Å². The van der Waals surface area contributed by atoms with Crippen LogP contribution >= 0.6 is 23.2 Å². The number of ether oxygens (including phenoxy) is 1. The molecule has 0 saturated heterocycles. The van der Waals surface area contributed by atoms with Crippen molar-refractivity contribution in [3.05, 3.63) is 33.8 Å². The fourth-order valence-corrected chi connectivity index (χ4v) is 2.25. The molecular formula is C14H17Cl2NO4. The van der Waals surface area contributed by atoms with Crippen molar-refractivity contribution in [3.8, 4) is 0 Å². The third-order valence-electron chi connectivity index (χ3n) is 2.61. The summed E-state index contributed by atoms with van der Waals surface area (Å²) < 4.78 is 5.10. The number of hydrogen-bond acceptors (Lipinski definition) is 4. The quantitative estimate of drug-likeness (QED) is 0.652. The third kappa shape index (κ3) is 4.88. The van der Waals surface area contributed by atoms with Gasteiger partial charge in [-0.1, -0.05) is 29.3 Å². The first kappa shape index (κ1) is 17.8. The summed E-state index contributed by atoms with van der Waals surface area (Å²) in [5.41, 5.74) is 5.41. The van der Waals surface area contributed by atoms with Crippen molar-refractivity contribution in [2.75, 3.05) is 0 Å². The smallest absolute Gasteiger partial charge is 0.322 e. The Morgan fingerprint density at radius 3 is 2.29 bits per heavy atom. The van der Waals surface area contributed by atoms with E-state index < -0.39 is 29.5 Å². The first-order chi connectivity index (χ1) is 9.53. The van der Waals surface area contributed by atoms with Gasteiger partial charge in [0.2, 0.25) is 0 Å². The van der Waals surface area contributed by atoms with Crippen LogP contribution in [0.3, 0.4) is 0 Å². The van der Waals surface area contributed by atoms with Crippen LogP contribution in [-0.2, 0) is 14.3 Å². The Labute approximate surface area is 133 Å². The van der Waals surface area contributed by atoms with Gasteiger partial charge in [-0.2, -0.15) is 0 Å². The molecule has 0 aliphatic heterocycles. The van der Waals surface area contributed by atoms with Gasteiger partial charge < -0.3 is 15.6 Å². The van der Waals surface area contributed by atoms with Gasteiger partial charge in [0, 0.05) is 10.0 Å². The van der Waals surface area contributed by atoms with E-state index in [2.05, 4.69) is 0 Å². The van der Waals surface area contributed by atoms with Crippen molar-refractivity contribution in [2.24, 2.45) is 11.7 Å². The van der Waals surface area contributed by atoms with Crippen LogP contribution in [0.15, 0.2) is 18.2 Å². The van der Waals surface area contributed by atoms with E-state index in [1.54, 1.807) is 20.8 Å².